The van der Waals surface area contributed by atoms with E-state index in [0.29, 0.717) is 0 Å². The van der Waals surface area contributed by atoms with Crippen LogP contribution in [0.3, 0.4) is 0 Å². The largest absolute Gasteiger partial charge is 0.330 e. The molecule has 13 heavy (non-hydrogen) atoms. The van der Waals surface area contributed by atoms with Crippen LogP contribution >= 0.6 is 0 Å². The van der Waals surface area contributed by atoms with Crippen LogP contribution in [0, 0.1) is 0 Å². The van der Waals surface area contributed by atoms with Crippen molar-refractivity contribution < 1.29 is 0 Å². The maximum Gasteiger partial charge on any atom is 0.116 e. The van der Waals surface area contributed by atoms with E-state index in [1.54, 1.807) is 0 Å². The summed E-state index contributed by atoms with van der Waals surface area (Å²) in [6.07, 6.45) is 7.31. The number of hydrazine groups is 2. The van der Waals surface area contributed by atoms with Crippen molar-refractivity contribution in [2.24, 2.45) is 22.4 Å². The van der Waals surface area contributed by atoms with E-state index in [-0.39, 0.29) is 0 Å². The fraction of sp³-hybridized carbons (Fsp3) is 0.875. The van der Waals surface area contributed by atoms with Gasteiger partial charge in [0.25, 0.3) is 0 Å². The molecular weight excluding hydrogens is 166 g/mol. The normalized spacial score (nSPS) is 11.0. The number of hydrogen-bond donors (Lipinski definition) is 3. The summed E-state index contributed by atoms with van der Waals surface area (Å²) >= 11 is 0. The van der Waals surface area contributed by atoms with Gasteiger partial charge in [0.15, 0.2) is 0 Å². The number of nitrogens with zero attached hydrogens (tertiary/aromatic N) is 2. The van der Waals surface area contributed by atoms with Gasteiger partial charge in [-0.3, -0.25) is 4.99 Å². The first-order valence-electron chi connectivity index (χ1n) is 4.76. The second-order valence-electron chi connectivity index (χ2n) is 3.03. The Morgan fingerprint density at radius 3 is 2.23 bits per heavy atom. The fourth-order valence-electron chi connectivity index (χ4n) is 1.03. The number of aliphatic imine (C=N–C) groups is 1. The van der Waals surface area contributed by atoms with E-state index in [4.69, 9.17) is 17.4 Å². The van der Waals surface area contributed by atoms with Gasteiger partial charge >= 0.3 is 0 Å². The fourth-order valence-corrected chi connectivity index (χ4v) is 1.03. The van der Waals surface area contributed by atoms with Crippen LogP contribution in [0.5, 0.6) is 0 Å². The molecule has 0 heterocycles. The van der Waals surface area contributed by atoms with Crippen LogP contribution < -0.4 is 17.4 Å². The van der Waals surface area contributed by atoms with E-state index in [0.717, 1.165) is 31.0 Å². The molecule has 0 radical (unpaired) electrons. The van der Waals surface area contributed by atoms with Gasteiger partial charge in [-0.2, -0.15) is 0 Å². The van der Waals surface area contributed by atoms with Crippen LogP contribution in [-0.4, -0.2) is 24.5 Å². The Morgan fingerprint density at radius 1 is 1.00 bits per heavy atom. The Balaban J connectivity index is 2.99. The van der Waals surface area contributed by atoms with E-state index >= 15 is 0 Å². The van der Waals surface area contributed by atoms with Crippen LogP contribution in [0.25, 0.3) is 0 Å². The van der Waals surface area contributed by atoms with E-state index in [2.05, 4.69) is 4.99 Å². The van der Waals surface area contributed by atoms with Crippen molar-refractivity contribution in [2.75, 3.05) is 13.1 Å². The minimum absolute atomic E-state index is 0.799. The van der Waals surface area contributed by atoms with Gasteiger partial charge in [0.2, 0.25) is 0 Å². The van der Waals surface area contributed by atoms with E-state index < -0.39 is 0 Å². The van der Waals surface area contributed by atoms with Crippen LogP contribution in [0.2, 0.25) is 0 Å². The smallest absolute Gasteiger partial charge is 0.116 e. The Morgan fingerprint density at radius 2 is 1.62 bits per heavy atom. The molecule has 0 bridgehead atoms. The highest BCUT2D eigenvalue weighted by Gasteiger charge is 1.88. The molecule has 6 N–H and O–H groups in total. The van der Waals surface area contributed by atoms with Gasteiger partial charge in [-0.25, -0.2) is 16.8 Å². The molecule has 0 aliphatic heterocycles. The van der Waals surface area contributed by atoms with Gasteiger partial charge in [-0.15, -0.1) is 0 Å². The average Bonchev–Trinajstić information content (AvgIpc) is 2.09. The summed E-state index contributed by atoms with van der Waals surface area (Å²) in [5.74, 6) is 10.2. The number of rotatable bonds is 8. The van der Waals surface area contributed by atoms with E-state index in [9.17, 15) is 0 Å². The summed E-state index contributed by atoms with van der Waals surface area (Å²) in [6, 6.07) is 0. The highest BCUT2D eigenvalue weighted by Crippen LogP contribution is 2.01. The zero-order valence-electron chi connectivity index (χ0n) is 8.15. The standard InChI is InChI=1S/C8H21N5/c9-6-4-2-1-3-5-7-12-8-13(10)11/h8H,1-7,9-11H2. The van der Waals surface area contributed by atoms with Crippen LogP contribution in [-0.2, 0) is 0 Å². The first kappa shape index (κ1) is 12.3. The maximum absolute atomic E-state index is 5.37. The van der Waals surface area contributed by atoms with E-state index in [1.165, 1.54) is 25.6 Å². The summed E-state index contributed by atoms with van der Waals surface area (Å²) in [6.45, 7) is 1.60. The maximum atomic E-state index is 5.37. The molecule has 0 atom stereocenters. The number of unbranched alkanes of at least 4 members (excludes halogenated alkanes) is 4. The summed E-state index contributed by atoms with van der Waals surface area (Å²) in [7, 11) is 0. The van der Waals surface area contributed by atoms with Gasteiger partial charge in [0.1, 0.15) is 6.34 Å². The van der Waals surface area contributed by atoms with Gasteiger partial charge in [-0.1, -0.05) is 19.3 Å². The van der Waals surface area contributed by atoms with Gasteiger partial charge in [0, 0.05) is 6.54 Å². The summed E-state index contributed by atoms with van der Waals surface area (Å²) in [4.78, 5) is 4.01. The second-order valence-corrected chi connectivity index (χ2v) is 3.03. The molecule has 0 saturated heterocycles. The second kappa shape index (κ2) is 9.44. The van der Waals surface area contributed by atoms with E-state index in [1.807, 2.05) is 0 Å². The van der Waals surface area contributed by atoms with Crippen molar-refractivity contribution in [3.8, 4) is 0 Å². The third-order valence-electron chi connectivity index (χ3n) is 1.71. The molecule has 0 saturated carbocycles. The van der Waals surface area contributed by atoms with Crippen LogP contribution in [0.15, 0.2) is 4.99 Å². The molecule has 0 spiro atoms. The van der Waals surface area contributed by atoms with Gasteiger partial charge in [-0.05, 0) is 19.4 Å². The number of hydrogen-bond acceptors (Lipinski definition) is 4. The molecule has 0 aromatic rings. The van der Waals surface area contributed by atoms with Gasteiger partial charge < -0.3 is 5.73 Å². The first-order valence-corrected chi connectivity index (χ1v) is 4.76. The topological polar surface area (TPSA) is 93.7 Å². The Bertz CT molecular complexity index is 124. The molecule has 0 unspecified atom stereocenters. The highest BCUT2D eigenvalue weighted by molar-refractivity contribution is 5.52. The summed E-state index contributed by atoms with van der Waals surface area (Å²) in [5.41, 5.74) is 5.37. The van der Waals surface area contributed by atoms with Crippen molar-refractivity contribution in [3.05, 3.63) is 0 Å². The van der Waals surface area contributed by atoms with Crippen molar-refractivity contribution in [1.82, 2.24) is 5.12 Å². The molecule has 0 amide bonds. The van der Waals surface area contributed by atoms with Gasteiger partial charge in [0.05, 0.1) is 0 Å². The lowest BCUT2D eigenvalue weighted by Crippen LogP contribution is -2.36. The van der Waals surface area contributed by atoms with Crippen molar-refractivity contribution in [1.29, 1.82) is 0 Å². The number of nitrogens with two attached hydrogens (primary N) is 3. The molecule has 0 rings (SSSR count). The molecule has 5 heteroatoms. The molecule has 0 aromatic carbocycles. The monoisotopic (exact) mass is 187 g/mol. The lowest BCUT2D eigenvalue weighted by Gasteiger charge is -2.01. The summed E-state index contributed by atoms with van der Waals surface area (Å²) in [5, 5.41) is 0.967. The Labute approximate surface area is 79.9 Å². The quantitative estimate of drug-likeness (QED) is 0.163. The third-order valence-corrected chi connectivity index (χ3v) is 1.71. The van der Waals surface area contributed by atoms with Crippen molar-refractivity contribution in [3.63, 3.8) is 0 Å². The SMILES string of the molecule is NCCCCCCCN=CN(N)N. The zero-order valence-corrected chi connectivity index (χ0v) is 8.15. The minimum atomic E-state index is 0.799. The zero-order chi connectivity index (χ0) is 9.94. The molecule has 5 nitrogen and oxygen atoms in total. The predicted octanol–water partition coefficient (Wildman–Crippen LogP) is -0.0267. The molecule has 0 fully saturated rings. The Hall–Kier alpha value is -0.650. The van der Waals surface area contributed by atoms with Crippen molar-refractivity contribution >= 4 is 6.34 Å². The Kier molecular flexibility index (Phi) is 8.97. The molecule has 78 valence electrons. The van der Waals surface area contributed by atoms with Crippen molar-refractivity contribution in [2.45, 2.75) is 32.1 Å². The first-order chi connectivity index (χ1) is 6.27. The summed E-state index contributed by atoms with van der Waals surface area (Å²) < 4.78 is 0. The van der Waals surface area contributed by atoms with Crippen LogP contribution in [0.4, 0.5) is 0 Å². The predicted molar refractivity (Wildman–Crippen MR) is 55.7 cm³/mol. The molecule has 0 aliphatic rings. The lowest BCUT2D eigenvalue weighted by molar-refractivity contribution is 0.478. The average molecular weight is 187 g/mol. The molecule has 0 aromatic heterocycles. The highest BCUT2D eigenvalue weighted by atomic mass is 15.6. The van der Waals surface area contributed by atoms with Crippen LogP contribution in [0.1, 0.15) is 32.1 Å². The molecular formula is C8H21N5. The molecule has 0 aliphatic carbocycles. The lowest BCUT2D eigenvalue weighted by atomic mass is 10.1. The minimum Gasteiger partial charge on any atom is -0.330 e. The third kappa shape index (κ3) is 11.3.